The summed E-state index contributed by atoms with van der Waals surface area (Å²) >= 11 is 6.61. The van der Waals surface area contributed by atoms with E-state index in [1.165, 1.54) is 0 Å². The molecule has 0 aliphatic carbocycles. The number of amides is 1. The van der Waals surface area contributed by atoms with Gasteiger partial charge in [0, 0.05) is 12.2 Å². The van der Waals surface area contributed by atoms with Gasteiger partial charge in [-0.25, -0.2) is 4.98 Å². The monoisotopic (exact) mass is 389 g/mol. The van der Waals surface area contributed by atoms with Crippen LogP contribution in [0.15, 0.2) is 21.3 Å². The molecule has 6 nitrogen and oxygen atoms in total. The molecule has 0 saturated carbocycles. The zero-order chi connectivity index (χ0) is 13.8. The number of carbonyl (C=O) groups is 1. The van der Waals surface area contributed by atoms with Crippen LogP contribution in [0.3, 0.4) is 0 Å². The van der Waals surface area contributed by atoms with E-state index in [-0.39, 0.29) is 5.91 Å². The minimum absolute atomic E-state index is 0.129. The van der Waals surface area contributed by atoms with Gasteiger partial charge in [0.15, 0.2) is 5.95 Å². The topological polar surface area (TPSA) is 99.6 Å². The number of anilines is 1. The predicted octanol–water partition coefficient (Wildman–Crippen LogP) is 2.21. The molecule has 5 N–H and O–H groups in total. The van der Waals surface area contributed by atoms with E-state index in [4.69, 9.17) is 5.73 Å². The van der Waals surface area contributed by atoms with Gasteiger partial charge in [-0.15, -0.1) is 0 Å². The molecule has 2 rings (SSSR count). The van der Waals surface area contributed by atoms with E-state index in [0.29, 0.717) is 18.2 Å². The number of H-pyrrole nitrogens is 2. The molecule has 19 heavy (non-hydrogen) atoms. The molecule has 0 saturated heterocycles. The van der Waals surface area contributed by atoms with Crippen molar-refractivity contribution in [3.05, 3.63) is 32.7 Å². The molecule has 0 aromatic carbocycles. The van der Waals surface area contributed by atoms with Gasteiger partial charge in [-0.1, -0.05) is 0 Å². The molecule has 0 atom stereocenters. The highest BCUT2D eigenvalue weighted by Crippen LogP contribution is 2.22. The third kappa shape index (κ3) is 3.84. The van der Waals surface area contributed by atoms with Crippen LogP contribution in [-0.2, 0) is 6.42 Å². The number of aromatic nitrogens is 3. The van der Waals surface area contributed by atoms with Gasteiger partial charge in [0.25, 0.3) is 5.91 Å². The number of imidazole rings is 1. The highest BCUT2D eigenvalue weighted by atomic mass is 79.9. The first-order chi connectivity index (χ1) is 9.06. The first-order valence-corrected chi connectivity index (χ1v) is 7.26. The van der Waals surface area contributed by atoms with Crippen molar-refractivity contribution in [2.75, 3.05) is 12.3 Å². The van der Waals surface area contributed by atoms with Crippen LogP contribution in [0.1, 0.15) is 22.6 Å². The van der Waals surface area contributed by atoms with Gasteiger partial charge >= 0.3 is 0 Å². The molecule has 2 heterocycles. The Morgan fingerprint density at radius 1 is 1.42 bits per heavy atom. The summed E-state index contributed by atoms with van der Waals surface area (Å²) in [6.45, 7) is 0.589. The molecular formula is C11H13Br2N5O. The zero-order valence-electron chi connectivity index (χ0n) is 9.96. The van der Waals surface area contributed by atoms with Crippen LogP contribution in [0.2, 0.25) is 0 Å². The molecule has 2 aromatic rings. The van der Waals surface area contributed by atoms with Gasteiger partial charge in [-0.05, 0) is 50.8 Å². The van der Waals surface area contributed by atoms with Crippen LogP contribution in [0, 0.1) is 0 Å². The highest BCUT2D eigenvalue weighted by Gasteiger charge is 2.10. The summed E-state index contributed by atoms with van der Waals surface area (Å²) in [5.41, 5.74) is 6.96. The summed E-state index contributed by atoms with van der Waals surface area (Å²) in [4.78, 5) is 21.6. The Balaban J connectivity index is 1.75. The molecule has 0 unspecified atom stereocenters. The van der Waals surface area contributed by atoms with Gasteiger partial charge in [0.05, 0.1) is 15.3 Å². The summed E-state index contributed by atoms with van der Waals surface area (Å²) < 4.78 is 1.58. The quantitative estimate of drug-likeness (QED) is 0.589. The van der Waals surface area contributed by atoms with E-state index >= 15 is 0 Å². The largest absolute Gasteiger partial charge is 0.369 e. The summed E-state index contributed by atoms with van der Waals surface area (Å²) in [7, 11) is 0. The minimum atomic E-state index is -0.129. The molecular weight excluding hydrogens is 378 g/mol. The van der Waals surface area contributed by atoms with Gasteiger partial charge in [-0.3, -0.25) is 4.79 Å². The average molecular weight is 391 g/mol. The number of nitrogens with zero attached hydrogens (tertiary/aromatic N) is 1. The van der Waals surface area contributed by atoms with Gasteiger partial charge in [0.2, 0.25) is 0 Å². The fraction of sp³-hybridized carbons (Fsp3) is 0.273. The number of hydrogen-bond donors (Lipinski definition) is 4. The minimum Gasteiger partial charge on any atom is -0.369 e. The highest BCUT2D eigenvalue weighted by molar-refractivity contribution is 9.13. The van der Waals surface area contributed by atoms with Crippen molar-refractivity contribution >= 4 is 43.7 Å². The third-order valence-corrected chi connectivity index (χ3v) is 4.31. The molecule has 0 radical (unpaired) electrons. The lowest BCUT2D eigenvalue weighted by atomic mass is 10.2. The second-order valence-electron chi connectivity index (χ2n) is 4.00. The van der Waals surface area contributed by atoms with Crippen molar-refractivity contribution in [3.63, 3.8) is 0 Å². The second-order valence-corrected chi connectivity index (χ2v) is 5.65. The smallest absolute Gasteiger partial charge is 0.267 e. The van der Waals surface area contributed by atoms with Gasteiger partial charge in [0.1, 0.15) is 5.69 Å². The number of nitrogen functional groups attached to an aromatic ring is 1. The zero-order valence-corrected chi connectivity index (χ0v) is 13.1. The van der Waals surface area contributed by atoms with Crippen LogP contribution >= 0.6 is 31.9 Å². The Morgan fingerprint density at radius 2 is 2.21 bits per heavy atom. The van der Waals surface area contributed by atoms with Crippen molar-refractivity contribution in [2.45, 2.75) is 12.8 Å². The first kappa shape index (κ1) is 14.1. The van der Waals surface area contributed by atoms with E-state index in [2.05, 4.69) is 52.1 Å². The number of nitrogens with two attached hydrogens (primary N) is 1. The Kier molecular flexibility index (Phi) is 4.65. The maximum absolute atomic E-state index is 11.8. The van der Waals surface area contributed by atoms with Gasteiger partial charge < -0.3 is 21.0 Å². The van der Waals surface area contributed by atoms with E-state index in [0.717, 1.165) is 27.6 Å². The van der Waals surface area contributed by atoms with E-state index in [1.54, 1.807) is 12.3 Å². The number of aromatic amines is 2. The number of halogens is 2. The molecule has 0 spiro atoms. The van der Waals surface area contributed by atoms with Crippen molar-refractivity contribution in [1.82, 2.24) is 20.3 Å². The van der Waals surface area contributed by atoms with Crippen LogP contribution < -0.4 is 11.1 Å². The van der Waals surface area contributed by atoms with Crippen LogP contribution in [0.25, 0.3) is 0 Å². The van der Waals surface area contributed by atoms with Gasteiger partial charge in [-0.2, -0.15) is 0 Å². The summed E-state index contributed by atoms with van der Waals surface area (Å²) in [5.74, 6) is 0.288. The lowest BCUT2D eigenvalue weighted by Gasteiger charge is -2.02. The van der Waals surface area contributed by atoms with Crippen LogP contribution in [-0.4, -0.2) is 27.4 Å². The first-order valence-electron chi connectivity index (χ1n) is 5.68. The maximum atomic E-state index is 11.8. The van der Waals surface area contributed by atoms with Crippen LogP contribution in [0.4, 0.5) is 5.95 Å². The fourth-order valence-corrected chi connectivity index (χ4v) is 2.26. The van der Waals surface area contributed by atoms with Crippen LogP contribution in [0.5, 0.6) is 0 Å². The summed E-state index contributed by atoms with van der Waals surface area (Å²) in [6, 6.07) is 1.73. The standard InChI is InChI=1S/C11H13Br2N5O/c12-7-4-8(18-9(7)13)10(19)15-3-1-2-6-5-16-11(14)17-6/h4-5,18H,1-3H2,(H,15,19)(H3,14,16,17). The maximum Gasteiger partial charge on any atom is 0.267 e. The number of carbonyl (C=O) groups excluding carboxylic acids is 1. The lowest BCUT2D eigenvalue weighted by molar-refractivity contribution is 0.0948. The SMILES string of the molecule is Nc1ncc(CCCNC(=O)c2cc(Br)c(Br)[nH]2)[nH]1. The molecule has 0 aliphatic rings. The lowest BCUT2D eigenvalue weighted by Crippen LogP contribution is -2.25. The normalized spacial score (nSPS) is 10.6. The number of rotatable bonds is 5. The molecule has 8 heteroatoms. The van der Waals surface area contributed by atoms with Crippen molar-refractivity contribution < 1.29 is 4.79 Å². The number of hydrogen-bond acceptors (Lipinski definition) is 3. The van der Waals surface area contributed by atoms with E-state index in [9.17, 15) is 4.79 Å². The fourth-order valence-electron chi connectivity index (χ4n) is 1.61. The predicted molar refractivity (Wildman–Crippen MR) is 79.8 cm³/mol. The average Bonchev–Trinajstić information content (AvgIpc) is 2.92. The van der Waals surface area contributed by atoms with E-state index in [1.807, 2.05) is 0 Å². The second kappa shape index (κ2) is 6.25. The van der Waals surface area contributed by atoms with E-state index < -0.39 is 0 Å². The molecule has 2 aromatic heterocycles. The molecule has 1 amide bonds. The molecule has 0 bridgehead atoms. The Bertz CT molecular complexity index is 558. The molecule has 0 aliphatic heterocycles. The Labute approximate surface area is 126 Å². The van der Waals surface area contributed by atoms with Crippen molar-refractivity contribution in [2.24, 2.45) is 0 Å². The third-order valence-electron chi connectivity index (χ3n) is 2.53. The molecule has 0 fully saturated rings. The summed E-state index contributed by atoms with van der Waals surface area (Å²) in [6.07, 6.45) is 3.31. The number of nitrogens with one attached hydrogen (secondary N) is 3. The summed E-state index contributed by atoms with van der Waals surface area (Å²) in [5, 5.41) is 2.84. The molecule has 102 valence electrons. The number of aryl methyl sites for hydroxylation is 1. The Morgan fingerprint density at radius 3 is 2.79 bits per heavy atom. The van der Waals surface area contributed by atoms with Crippen molar-refractivity contribution in [1.29, 1.82) is 0 Å². The van der Waals surface area contributed by atoms with Crippen molar-refractivity contribution in [3.8, 4) is 0 Å². The Hall–Kier alpha value is -1.28.